The molecule has 0 aliphatic rings. The van der Waals surface area contributed by atoms with Crippen LogP contribution >= 0.6 is 7.26 Å². The van der Waals surface area contributed by atoms with Gasteiger partial charge in [-0.15, -0.1) is 0 Å². The minimum atomic E-state index is -2.02. The molecule has 4 aromatic carbocycles. The van der Waals surface area contributed by atoms with E-state index in [-0.39, 0.29) is 0 Å². The van der Waals surface area contributed by atoms with Gasteiger partial charge in [-0.3, -0.25) is 0 Å². The fourth-order valence-electron chi connectivity index (χ4n) is 3.68. The van der Waals surface area contributed by atoms with Gasteiger partial charge >= 0.3 is 0 Å². The molecule has 0 atom stereocenters. The van der Waals surface area contributed by atoms with Gasteiger partial charge in [0.05, 0.1) is 6.66 Å². The third kappa shape index (κ3) is 3.25. The molecule has 138 valence electrons. The Balaban J connectivity index is 2.02. The molecule has 0 bridgehead atoms. The average molecular weight is 389 g/mol. The second-order valence-electron chi connectivity index (χ2n) is 6.82. The van der Waals surface area contributed by atoms with Crippen LogP contribution in [0.2, 0.25) is 0 Å². The maximum absolute atomic E-state index is 14.7. The SMILES string of the molecule is C[P+](c1ccccc1)(c1ccccc1)c1ccccc1-c1ccc(F)cc1F. The Labute approximate surface area is 164 Å². The Morgan fingerprint density at radius 2 is 1.11 bits per heavy atom. The van der Waals surface area contributed by atoms with Crippen molar-refractivity contribution in [2.75, 3.05) is 6.66 Å². The highest BCUT2D eigenvalue weighted by atomic mass is 31.2. The van der Waals surface area contributed by atoms with E-state index in [1.54, 1.807) is 0 Å². The van der Waals surface area contributed by atoms with E-state index in [2.05, 4.69) is 37.0 Å². The first-order chi connectivity index (χ1) is 13.6. The largest absolute Gasteiger partial charge is 0.207 e. The fourth-order valence-corrected chi connectivity index (χ4v) is 7.13. The van der Waals surface area contributed by atoms with Gasteiger partial charge in [-0.1, -0.05) is 54.6 Å². The van der Waals surface area contributed by atoms with Crippen LogP contribution in [0.3, 0.4) is 0 Å². The van der Waals surface area contributed by atoms with E-state index in [0.717, 1.165) is 16.9 Å². The summed E-state index contributed by atoms with van der Waals surface area (Å²) in [6.07, 6.45) is 0. The van der Waals surface area contributed by atoms with E-state index in [1.807, 2.05) is 54.6 Å². The van der Waals surface area contributed by atoms with Crippen LogP contribution in [0.5, 0.6) is 0 Å². The molecule has 0 unspecified atom stereocenters. The number of hydrogen-bond acceptors (Lipinski definition) is 0. The Bertz CT molecular complexity index is 1050. The van der Waals surface area contributed by atoms with E-state index >= 15 is 0 Å². The van der Waals surface area contributed by atoms with Gasteiger partial charge in [0.15, 0.2) is 0 Å². The summed E-state index contributed by atoms with van der Waals surface area (Å²) in [7, 11) is -2.02. The molecule has 0 nitrogen and oxygen atoms in total. The lowest BCUT2D eigenvalue weighted by atomic mass is 10.1. The molecule has 28 heavy (non-hydrogen) atoms. The van der Waals surface area contributed by atoms with Gasteiger partial charge in [0.1, 0.15) is 34.8 Å². The molecule has 0 saturated carbocycles. The lowest BCUT2D eigenvalue weighted by Gasteiger charge is -2.25. The first kappa shape index (κ1) is 18.5. The van der Waals surface area contributed by atoms with Crippen LogP contribution in [-0.4, -0.2) is 6.66 Å². The second kappa shape index (κ2) is 7.66. The van der Waals surface area contributed by atoms with Crippen molar-refractivity contribution in [3.05, 3.63) is 115 Å². The minimum absolute atomic E-state index is 0.426. The topological polar surface area (TPSA) is 0 Å². The van der Waals surface area contributed by atoms with Crippen molar-refractivity contribution in [1.82, 2.24) is 0 Å². The molecule has 0 fully saturated rings. The molecule has 0 aromatic heterocycles. The zero-order valence-electron chi connectivity index (χ0n) is 15.5. The zero-order chi connectivity index (χ0) is 19.6. The molecule has 0 radical (unpaired) electrons. The Kier molecular flexibility index (Phi) is 5.07. The van der Waals surface area contributed by atoms with Crippen molar-refractivity contribution in [3.8, 4) is 11.1 Å². The molecule has 0 N–H and O–H groups in total. The molecule has 4 aromatic rings. The van der Waals surface area contributed by atoms with Crippen LogP contribution < -0.4 is 15.9 Å². The summed E-state index contributed by atoms with van der Waals surface area (Å²) in [5.41, 5.74) is 1.23. The summed E-state index contributed by atoms with van der Waals surface area (Å²) >= 11 is 0. The van der Waals surface area contributed by atoms with Crippen molar-refractivity contribution in [2.24, 2.45) is 0 Å². The minimum Gasteiger partial charge on any atom is -0.207 e. The molecule has 3 heteroatoms. The van der Waals surface area contributed by atoms with Gasteiger partial charge in [0.25, 0.3) is 0 Å². The first-order valence-corrected chi connectivity index (χ1v) is 11.4. The monoisotopic (exact) mass is 389 g/mol. The molecule has 0 spiro atoms. The van der Waals surface area contributed by atoms with Crippen LogP contribution in [0.15, 0.2) is 103 Å². The summed E-state index contributed by atoms with van der Waals surface area (Å²) in [6.45, 7) is 2.26. The van der Waals surface area contributed by atoms with Crippen LogP contribution in [0.4, 0.5) is 8.78 Å². The Morgan fingerprint density at radius 3 is 1.68 bits per heavy atom. The van der Waals surface area contributed by atoms with Crippen molar-refractivity contribution >= 4 is 23.2 Å². The number of benzene rings is 4. The summed E-state index contributed by atoms with van der Waals surface area (Å²) in [6, 6.07) is 32.4. The van der Waals surface area contributed by atoms with Gasteiger partial charge in [0, 0.05) is 17.2 Å². The predicted octanol–water partition coefficient (Wildman–Crippen LogP) is 5.56. The average Bonchev–Trinajstić information content (AvgIpc) is 2.74. The molecule has 0 amide bonds. The molecule has 4 rings (SSSR count). The van der Waals surface area contributed by atoms with Crippen molar-refractivity contribution in [2.45, 2.75) is 0 Å². The van der Waals surface area contributed by atoms with Gasteiger partial charge in [-0.25, -0.2) is 8.78 Å². The summed E-state index contributed by atoms with van der Waals surface area (Å²) in [5, 5.41) is 3.52. The van der Waals surface area contributed by atoms with E-state index in [4.69, 9.17) is 0 Å². The van der Waals surface area contributed by atoms with Crippen molar-refractivity contribution in [1.29, 1.82) is 0 Å². The van der Waals surface area contributed by atoms with Gasteiger partial charge in [-0.2, -0.15) is 0 Å². The smallest absolute Gasteiger partial charge is 0.134 e. The molecule has 0 aliphatic carbocycles. The van der Waals surface area contributed by atoms with Crippen molar-refractivity contribution in [3.63, 3.8) is 0 Å². The lowest BCUT2D eigenvalue weighted by Crippen LogP contribution is -2.31. The van der Waals surface area contributed by atoms with Crippen LogP contribution in [0, 0.1) is 11.6 Å². The number of rotatable bonds is 4. The Morgan fingerprint density at radius 1 is 0.571 bits per heavy atom. The van der Waals surface area contributed by atoms with Crippen LogP contribution in [0.25, 0.3) is 11.1 Å². The third-order valence-corrected chi connectivity index (χ3v) is 9.17. The quantitative estimate of drug-likeness (QED) is 0.401. The van der Waals surface area contributed by atoms with E-state index in [9.17, 15) is 8.78 Å². The summed E-state index contributed by atoms with van der Waals surface area (Å²) in [4.78, 5) is 0. The molecular formula is C25H20F2P+. The van der Waals surface area contributed by atoms with Crippen LogP contribution in [0.1, 0.15) is 0 Å². The van der Waals surface area contributed by atoms with Gasteiger partial charge in [0.2, 0.25) is 0 Å². The molecule has 0 heterocycles. The zero-order valence-corrected chi connectivity index (χ0v) is 16.4. The standard InChI is InChI=1S/C25H20F2P/c1-28(20-10-4-2-5-11-20,21-12-6-3-7-13-21)25-15-9-8-14-23(25)22-17-16-19(26)18-24(22)27/h2-18H,1H3/q+1. The predicted molar refractivity (Wildman–Crippen MR) is 116 cm³/mol. The summed E-state index contributed by atoms with van der Waals surface area (Å²) in [5.74, 6) is -1.11. The highest BCUT2D eigenvalue weighted by Gasteiger charge is 2.42. The number of hydrogen-bond donors (Lipinski definition) is 0. The fraction of sp³-hybridized carbons (Fsp3) is 0.0400. The highest BCUT2D eigenvalue weighted by Crippen LogP contribution is 2.53. The third-order valence-electron chi connectivity index (χ3n) is 5.15. The normalized spacial score (nSPS) is 11.4. The van der Waals surface area contributed by atoms with E-state index < -0.39 is 18.9 Å². The maximum Gasteiger partial charge on any atom is 0.134 e. The first-order valence-electron chi connectivity index (χ1n) is 9.13. The second-order valence-corrected chi connectivity index (χ2v) is 10.3. The molecule has 0 aliphatic heterocycles. The maximum atomic E-state index is 14.7. The number of halogens is 2. The summed E-state index contributed by atoms with van der Waals surface area (Å²) < 4.78 is 28.2. The lowest BCUT2D eigenvalue weighted by molar-refractivity contribution is 0.585. The van der Waals surface area contributed by atoms with E-state index in [0.29, 0.717) is 5.56 Å². The van der Waals surface area contributed by atoms with Gasteiger partial charge in [-0.05, 0) is 42.5 Å². The van der Waals surface area contributed by atoms with Crippen LogP contribution in [-0.2, 0) is 0 Å². The molecule has 0 saturated heterocycles. The highest BCUT2D eigenvalue weighted by molar-refractivity contribution is 7.95. The Hall–Kier alpha value is -2.83. The van der Waals surface area contributed by atoms with Crippen molar-refractivity contribution < 1.29 is 8.78 Å². The van der Waals surface area contributed by atoms with E-state index in [1.165, 1.54) is 22.7 Å². The van der Waals surface area contributed by atoms with Gasteiger partial charge < -0.3 is 0 Å². The molecular weight excluding hydrogens is 369 g/mol.